The smallest absolute Gasteiger partial charge is 0.160 e. The summed E-state index contributed by atoms with van der Waals surface area (Å²) in [6, 6.07) is 74.7. The van der Waals surface area contributed by atoms with Crippen molar-refractivity contribution in [2.75, 3.05) is 0 Å². The fourth-order valence-corrected chi connectivity index (χ4v) is 11.5. The van der Waals surface area contributed by atoms with Crippen molar-refractivity contribution in [1.82, 2.24) is 9.13 Å². The number of nitrogens with zero attached hydrogens (tertiary/aromatic N) is 4. The van der Waals surface area contributed by atoms with Gasteiger partial charge in [0.25, 0.3) is 0 Å². The van der Waals surface area contributed by atoms with E-state index in [1.807, 2.05) is 0 Å². The summed E-state index contributed by atoms with van der Waals surface area (Å²) in [6.07, 6.45) is 1.27. The fraction of sp³-hybridized carbons (Fsp3) is 0.0323. The highest BCUT2D eigenvalue weighted by molar-refractivity contribution is 6.29. The van der Waals surface area contributed by atoms with E-state index in [4.69, 9.17) is 14.4 Å². The minimum Gasteiger partial charge on any atom is -0.456 e. The Labute approximate surface area is 384 Å². The van der Waals surface area contributed by atoms with E-state index in [0.29, 0.717) is 18.7 Å². The summed E-state index contributed by atoms with van der Waals surface area (Å²) in [4.78, 5) is 11.9. The van der Waals surface area contributed by atoms with Crippen molar-refractivity contribution < 1.29 is 4.42 Å². The second-order valence-electron chi connectivity index (χ2n) is 18.0. The van der Waals surface area contributed by atoms with Crippen molar-refractivity contribution in [3.63, 3.8) is 0 Å². The summed E-state index contributed by atoms with van der Waals surface area (Å²) in [7, 11) is 0. The van der Waals surface area contributed by atoms with Gasteiger partial charge in [-0.25, -0.2) is 9.98 Å². The van der Waals surface area contributed by atoms with Crippen LogP contribution in [-0.4, -0.2) is 20.7 Å². The molecule has 3 aromatic heterocycles. The highest BCUT2D eigenvalue weighted by Crippen LogP contribution is 2.45. The zero-order valence-electron chi connectivity index (χ0n) is 36.2. The summed E-state index contributed by atoms with van der Waals surface area (Å²) >= 11 is 0. The van der Waals surface area contributed by atoms with Crippen LogP contribution in [0.1, 0.15) is 28.7 Å². The van der Waals surface area contributed by atoms with E-state index in [9.17, 15) is 0 Å². The Bertz CT molecular complexity index is 4380. The van der Waals surface area contributed by atoms with Crippen LogP contribution in [0, 0.1) is 0 Å². The topological polar surface area (TPSA) is 47.7 Å². The lowest BCUT2D eigenvalue weighted by atomic mass is 9.89. The molecule has 5 heteroatoms. The van der Waals surface area contributed by atoms with Gasteiger partial charge in [-0.15, -0.1) is 0 Å². The van der Waals surface area contributed by atoms with Crippen LogP contribution in [0.15, 0.2) is 226 Å². The highest BCUT2D eigenvalue weighted by Gasteiger charge is 2.30. The third kappa shape index (κ3) is 5.31. The van der Waals surface area contributed by atoms with Crippen LogP contribution in [0.3, 0.4) is 0 Å². The average molecular weight is 855 g/mol. The third-order valence-electron chi connectivity index (χ3n) is 14.3. The van der Waals surface area contributed by atoms with Gasteiger partial charge in [-0.1, -0.05) is 146 Å². The molecule has 5 nitrogen and oxygen atoms in total. The van der Waals surface area contributed by atoms with Gasteiger partial charge in [0.15, 0.2) is 5.84 Å². The molecular formula is C62H38N4O. The maximum absolute atomic E-state index is 6.75. The summed E-state index contributed by atoms with van der Waals surface area (Å²) in [5.74, 6) is 0.685. The van der Waals surface area contributed by atoms with Gasteiger partial charge in [-0.05, 0) is 99.8 Å². The number of fused-ring (bicyclic) bond motifs is 18. The average Bonchev–Trinajstić information content (AvgIpc) is 3.98. The summed E-state index contributed by atoms with van der Waals surface area (Å²) in [5, 5.41) is 11.6. The summed E-state index contributed by atoms with van der Waals surface area (Å²) in [5.41, 5.74) is 16.0. The molecule has 0 radical (unpaired) electrons. The molecule has 2 aliphatic rings. The molecule has 2 aliphatic heterocycles. The third-order valence-corrected chi connectivity index (χ3v) is 14.3. The standard InChI is InChI=1S/C62H38N4O/c1-2-18-42(19-3-1)65-51-25-10-8-21-46(51)58-48(24-13-26-52(58)65)62-63-50-35-41(61(64-62)45-23-12-17-38-14-6-7-20-43(38)45)32-37-28-29-44-49-34-39-15-4-5-16-40(39)36-55(49)66(54(44)33-37)53-30-31-57-59(60(50)53)47-22-9-11-27-56(47)67-57/h1-31,33-34,36H,32,35H2. The van der Waals surface area contributed by atoms with Crippen LogP contribution >= 0.6 is 0 Å². The van der Waals surface area contributed by atoms with Gasteiger partial charge < -0.3 is 13.6 Å². The quantitative estimate of drug-likeness (QED) is 0.175. The molecular weight excluding hydrogens is 817 g/mol. The van der Waals surface area contributed by atoms with E-state index in [0.717, 1.165) is 88.7 Å². The number of benzene rings is 10. The van der Waals surface area contributed by atoms with Crippen molar-refractivity contribution >= 4 is 104 Å². The molecule has 312 valence electrons. The van der Waals surface area contributed by atoms with Crippen LogP contribution in [0.2, 0.25) is 0 Å². The van der Waals surface area contributed by atoms with E-state index in [-0.39, 0.29) is 0 Å². The van der Waals surface area contributed by atoms with E-state index in [2.05, 4.69) is 215 Å². The molecule has 4 bridgehead atoms. The molecule has 0 aliphatic carbocycles. The first-order chi connectivity index (χ1) is 33.2. The Morgan fingerprint density at radius 2 is 1.10 bits per heavy atom. The van der Waals surface area contributed by atoms with E-state index >= 15 is 0 Å². The number of hydrogen-bond donors (Lipinski definition) is 0. The normalized spacial score (nSPS) is 14.0. The van der Waals surface area contributed by atoms with Gasteiger partial charge >= 0.3 is 0 Å². The predicted octanol–water partition coefficient (Wildman–Crippen LogP) is 15.7. The van der Waals surface area contributed by atoms with Crippen LogP contribution < -0.4 is 0 Å². The van der Waals surface area contributed by atoms with Crippen LogP contribution in [0.25, 0.3) is 104 Å². The number of aromatic nitrogens is 2. The van der Waals surface area contributed by atoms with Gasteiger partial charge in [0.2, 0.25) is 0 Å². The minimum absolute atomic E-state index is 0.578. The van der Waals surface area contributed by atoms with Gasteiger partial charge in [0.1, 0.15) is 11.2 Å². The number of aliphatic imine (C=N–C) groups is 2. The predicted molar refractivity (Wildman–Crippen MR) is 279 cm³/mol. The molecule has 15 rings (SSSR count). The maximum atomic E-state index is 6.75. The van der Waals surface area contributed by atoms with Crippen molar-refractivity contribution in [2.45, 2.75) is 12.8 Å². The van der Waals surface area contributed by atoms with Crippen molar-refractivity contribution in [3.8, 4) is 11.4 Å². The summed E-state index contributed by atoms with van der Waals surface area (Å²) in [6.45, 7) is 0. The molecule has 5 heterocycles. The van der Waals surface area contributed by atoms with E-state index in [1.165, 1.54) is 49.0 Å². The second kappa shape index (κ2) is 13.9. The van der Waals surface area contributed by atoms with Gasteiger partial charge in [0, 0.05) is 61.1 Å². The number of para-hydroxylation sites is 3. The maximum Gasteiger partial charge on any atom is 0.160 e. The first kappa shape index (κ1) is 36.5. The molecule has 0 amide bonds. The number of allylic oxidation sites excluding steroid dienone is 1. The summed E-state index contributed by atoms with van der Waals surface area (Å²) < 4.78 is 11.6. The molecule has 0 unspecified atom stereocenters. The fourth-order valence-electron chi connectivity index (χ4n) is 11.5. The van der Waals surface area contributed by atoms with Crippen LogP contribution in [-0.2, 0) is 6.42 Å². The Kier molecular flexibility index (Phi) is 7.55. The van der Waals surface area contributed by atoms with Crippen molar-refractivity contribution in [2.24, 2.45) is 9.98 Å². The molecule has 0 saturated carbocycles. The molecule has 13 aromatic rings. The Balaban J connectivity index is 1.12. The minimum atomic E-state index is 0.578. The van der Waals surface area contributed by atoms with Gasteiger partial charge in [0.05, 0.1) is 39.2 Å². The molecule has 10 aromatic carbocycles. The monoisotopic (exact) mass is 854 g/mol. The van der Waals surface area contributed by atoms with E-state index < -0.39 is 0 Å². The SMILES string of the molecule is c1ccc(-n2c3ccccc3c3c(C4=NC(c5cccc6ccccc56)=C5CC(=N4)c4c(ccc6oc7ccccc7c46)-n4c6cc(ccc6c6cc7ccccc7cc64)C5)cccc32)cc1. The Morgan fingerprint density at radius 3 is 2.00 bits per heavy atom. The zero-order chi connectivity index (χ0) is 43.7. The molecule has 0 N–H and O–H groups in total. The molecule has 0 atom stereocenters. The first-order valence-corrected chi connectivity index (χ1v) is 23.1. The molecule has 0 spiro atoms. The second-order valence-corrected chi connectivity index (χ2v) is 18.0. The lowest BCUT2D eigenvalue weighted by Gasteiger charge is -2.20. The number of furan rings is 1. The zero-order valence-corrected chi connectivity index (χ0v) is 36.2. The lowest BCUT2D eigenvalue weighted by molar-refractivity contribution is 0.669. The Morgan fingerprint density at radius 1 is 0.403 bits per heavy atom. The highest BCUT2D eigenvalue weighted by atomic mass is 16.3. The van der Waals surface area contributed by atoms with Gasteiger partial charge in [-0.2, -0.15) is 0 Å². The number of amidine groups is 1. The molecule has 67 heavy (non-hydrogen) atoms. The van der Waals surface area contributed by atoms with Crippen molar-refractivity contribution in [1.29, 1.82) is 0 Å². The largest absolute Gasteiger partial charge is 0.456 e. The number of hydrogen-bond acceptors (Lipinski definition) is 3. The van der Waals surface area contributed by atoms with Crippen LogP contribution in [0.4, 0.5) is 0 Å². The molecule has 0 saturated heterocycles. The Hall–Kier alpha value is -8.80. The molecule has 0 fully saturated rings. The van der Waals surface area contributed by atoms with E-state index in [1.54, 1.807) is 0 Å². The first-order valence-electron chi connectivity index (χ1n) is 23.1. The van der Waals surface area contributed by atoms with Crippen molar-refractivity contribution in [3.05, 3.63) is 234 Å². The number of rotatable bonds is 3. The van der Waals surface area contributed by atoms with Crippen LogP contribution in [0.5, 0.6) is 0 Å². The lowest BCUT2D eigenvalue weighted by Crippen LogP contribution is -2.13. The van der Waals surface area contributed by atoms with Gasteiger partial charge in [-0.3, -0.25) is 0 Å².